The average molecular weight is 516 g/mol. The van der Waals surface area contributed by atoms with E-state index < -0.39 is 16.0 Å². The molecule has 5 rings (SSSR count). The molecule has 0 atom stereocenters. The summed E-state index contributed by atoms with van der Waals surface area (Å²) in [5.41, 5.74) is 3.03. The van der Waals surface area contributed by atoms with Crippen molar-refractivity contribution in [3.05, 3.63) is 124 Å². The van der Waals surface area contributed by atoms with Crippen LogP contribution in [-0.2, 0) is 16.4 Å². The van der Waals surface area contributed by atoms with Gasteiger partial charge in [0.25, 0.3) is 0 Å². The highest BCUT2D eigenvalue weighted by molar-refractivity contribution is 7.90. The first kappa shape index (κ1) is 23.9. The molecule has 5 nitrogen and oxygen atoms in total. The predicted molar refractivity (Wildman–Crippen MR) is 145 cm³/mol. The summed E-state index contributed by atoms with van der Waals surface area (Å²) in [6, 6.07) is 27.4. The van der Waals surface area contributed by atoms with Crippen molar-refractivity contribution in [3.63, 3.8) is 0 Å². The van der Waals surface area contributed by atoms with E-state index in [2.05, 4.69) is 0 Å². The van der Waals surface area contributed by atoms with E-state index in [1.165, 1.54) is 16.1 Å². The number of carboxylic acids is 1. The topological polar surface area (TPSA) is 76.4 Å². The van der Waals surface area contributed by atoms with Crippen molar-refractivity contribution in [3.8, 4) is 0 Å². The second-order valence-electron chi connectivity index (χ2n) is 8.57. The molecule has 0 saturated carbocycles. The summed E-state index contributed by atoms with van der Waals surface area (Å²) in [4.78, 5) is 11.2. The van der Waals surface area contributed by atoms with Gasteiger partial charge in [-0.15, -0.1) is 0 Å². The summed E-state index contributed by atoms with van der Waals surface area (Å²) >= 11 is 6.17. The van der Waals surface area contributed by atoms with Crippen LogP contribution < -0.4 is 0 Å². The number of halogens is 1. The molecule has 0 aliphatic heterocycles. The summed E-state index contributed by atoms with van der Waals surface area (Å²) in [5.74, 6) is -1.19. The van der Waals surface area contributed by atoms with Gasteiger partial charge in [-0.25, -0.2) is 17.2 Å². The van der Waals surface area contributed by atoms with Crippen LogP contribution in [-0.4, -0.2) is 29.2 Å². The van der Waals surface area contributed by atoms with Crippen LogP contribution in [0.15, 0.2) is 97.1 Å². The highest BCUT2D eigenvalue weighted by Gasteiger charge is 2.20. The normalized spacial score (nSPS) is 12.0. The SMILES string of the molecule is O=C(O)c1ccc(Cc2cc3cc(Cl)ccc3n2S(=O)(=O)CC=Cc2ccc3ccccc3c2)cc1. The van der Waals surface area contributed by atoms with Crippen molar-refractivity contribution in [2.75, 3.05) is 5.75 Å². The van der Waals surface area contributed by atoms with Gasteiger partial charge in [0.15, 0.2) is 0 Å². The first-order valence-corrected chi connectivity index (χ1v) is 13.3. The molecule has 36 heavy (non-hydrogen) atoms. The molecule has 0 amide bonds. The van der Waals surface area contributed by atoms with E-state index in [1.54, 1.807) is 36.4 Å². The van der Waals surface area contributed by atoms with Gasteiger partial charge >= 0.3 is 5.97 Å². The number of benzene rings is 4. The minimum Gasteiger partial charge on any atom is -0.478 e. The monoisotopic (exact) mass is 515 g/mol. The molecule has 0 saturated heterocycles. The molecule has 0 radical (unpaired) electrons. The van der Waals surface area contributed by atoms with E-state index in [-0.39, 0.29) is 11.3 Å². The third-order valence-corrected chi connectivity index (χ3v) is 7.88. The van der Waals surface area contributed by atoms with E-state index in [9.17, 15) is 13.2 Å². The number of aromatic carboxylic acids is 1. The van der Waals surface area contributed by atoms with Crippen molar-refractivity contribution in [2.24, 2.45) is 0 Å². The molecule has 0 bridgehead atoms. The highest BCUT2D eigenvalue weighted by Crippen LogP contribution is 2.27. The van der Waals surface area contributed by atoms with Crippen LogP contribution in [0.1, 0.15) is 27.2 Å². The van der Waals surface area contributed by atoms with Crippen LogP contribution in [0.5, 0.6) is 0 Å². The summed E-state index contributed by atoms with van der Waals surface area (Å²) < 4.78 is 28.5. The maximum Gasteiger partial charge on any atom is 0.335 e. The lowest BCUT2D eigenvalue weighted by Crippen LogP contribution is -2.18. The number of rotatable bonds is 7. The number of carbonyl (C=O) groups is 1. The maximum atomic E-state index is 13.6. The minimum atomic E-state index is -3.75. The number of nitrogens with zero attached hydrogens (tertiary/aromatic N) is 1. The molecule has 180 valence electrons. The molecule has 1 heterocycles. The molecule has 0 aliphatic carbocycles. The second-order valence-corrected chi connectivity index (χ2v) is 10.9. The third kappa shape index (κ3) is 4.91. The Morgan fingerprint density at radius 2 is 1.61 bits per heavy atom. The van der Waals surface area contributed by atoms with E-state index >= 15 is 0 Å². The van der Waals surface area contributed by atoms with Gasteiger partial charge in [-0.2, -0.15) is 0 Å². The van der Waals surface area contributed by atoms with Crippen molar-refractivity contribution in [2.45, 2.75) is 6.42 Å². The minimum absolute atomic E-state index is 0.178. The summed E-state index contributed by atoms with van der Waals surface area (Å²) in [7, 11) is -3.75. The smallest absolute Gasteiger partial charge is 0.335 e. The van der Waals surface area contributed by atoms with E-state index in [4.69, 9.17) is 16.7 Å². The van der Waals surface area contributed by atoms with E-state index in [0.29, 0.717) is 22.7 Å². The molecule has 5 aromatic rings. The van der Waals surface area contributed by atoms with E-state index in [0.717, 1.165) is 27.3 Å². The summed E-state index contributed by atoms with van der Waals surface area (Å²) in [6.07, 6.45) is 3.79. The Bertz CT molecular complexity index is 1740. The van der Waals surface area contributed by atoms with Crippen molar-refractivity contribution in [1.82, 2.24) is 3.97 Å². The highest BCUT2D eigenvalue weighted by atomic mass is 35.5. The van der Waals surface area contributed by atoms with Crippen LogP contribution >= 0.6 is 11.6 Å². The summed E-state index contributed by atoms with van der Waals surface area (Å²) in [5, 5.41) is 12.6. The van der Waals surface area contributed by atoms with Gasteiger partial charge in [-0.1, -0.05) is 72.3 Å². The molecule has 1 N–H and O–H groups in total. The van der Waals surface area contributed by atoms with Gasteiger partial charge in [0, 0.05) is 22.5 Å². The number of hydrogen-bond donors (Lipinski definition) is 1. The number of hydrogen-bond acceptors (Lipinski definition) is 3. The molecule has 0 unspecified atom stereocenters. The quantitative estimate of drug-likeness (QED) is 0.264. The number of carboxylic acid groups (broad SMARTS) is 1. The Morgan fingerprint density at radius 1 is 0.861 bits per heavy atom. The molecule has 1 aromatic heterocycles. The Kier molecular flexibility index (Phi) is 6.39. The first-order chi connectivity index (χ1) is 17.3. The van der Waals surface area contributed by atoms with Crippen molar-refractivity contribution in [1.29, 1.82) is 0 Å². The largest absolute Gasteiger partial charge is 0.478 e. The molecule has 4 aromatic carbocycles. The Hall–Kier alpha value is -3.87. The van der Waals surface area contributed by atoms with E-state index in [1.807, 2.05) is 54.6 Å². The third-order valence-electron chi connectivity index (χ3n) is 6.05. The first-order valence-electron chi connectivity index (χ1n) is 11.3. The number of aromatic nitrogens is 1. The fourth-order valence-corrected chi connectivity index (χ4v) is 5.95. The van der Waals surface area contributed by atoms with Gasteiger partial charge in [-0.05, 0) is 64.4 Å². The van der Waals surface area contributed by atoms with Crippen molar-refractivity contribution < 1.29 is 18.3 Å². The van der Waals surface area contributed by atoms with Crippen LogP contribution in [0.2, 0.25) is 5.02 Å². The zero-order valence-corrected chi connectivity index (χ0v) is 20.7. The predicted octanol–water partition coefficient (Wildman–Crippen LogP) is 6.63. The zero-order chi connectivity index (χ0) is 25.3. The molecular weight excluding hydrogens is 494 g/mol. The molecule has 0 aliphatic rings. The van der Waals surface area contributed by atoms with Gasteiger partial charge < -0.3 is 5.11 Å². The van der Waals surface area contributed by atoms with Crippen LogP contribution in [0, 0.1) is 0 Å². The molecular formula is C29H22ClNO4S. The van der Waals surface area contributed by atoms with Gasteiger partial charge in [0.1, 0.15) is 0 Å². The van der Waals surface area contributed by atoms with Crippen molar-refractivity contribution >= 4 is 55.3 Å². The molecule has 7 heteroatoms. The summed E-state index contributed by atoms with van der Waals surface area (Å²) in [6.45, 7) is 0. The van der Waals surface area contributed by atoms with Crippen LogP contribution in [0.4, 0.5) is 0 Å². The molecule has 0 spiro atoms. The lowest BCUT2D eigenvalue weighted by molar-refractivity contribution is 0.0697. The Morgan fingerprint density at radius 3 is 2.36 bits per heavy atom. The second kappa shape index (κ2) is 9.64. The van der Waals surface area contributed by atoms with Gasteiger partial charge in [0.2, 0.25) is 10.0 Å². The number of fused-ring (bicyclic) bond motifs is 2. The Balaban J connectivity index is 1.48. The van der Waals surface area contributed by atoms with Crippen LogP contribution in [0.3, 0.4) is 0 Å². The van der Waals surface area contributed by atoms with Gasteiger partial charge in [0.05, 0.1) is 16.8 Å². The standard InChI is InChI=1S/C29H22ClNO4S/c30-26-13-14-28-25(18-26)19-27(17-21-8-11-23(12-9-21)29(32)33)31(28)36(34,35)15-3-4-20-7-10-22-5-1-2-6-24(22)16-20/h1-14,16,18-19H,15,17H2,(H,32,33). The fraction of sp³-hybridized carbons (Fsp3) is 0.0690. The average Bonchev–Trinajstić information content (AvgIpc) is 3.22. The lowest BCUT2D eigenvalue weighted by atomic mass is 10.1. The Labute approximate surface area is 213 Å². The zero-order valence-electron chi connectivity index (χ0n) is 19.1. The van der Waals surface area contributed by atoms with Gasteiger partial charge in [-0.3, -0.25) is 0 Å². The lowest BCUT2D eigenvalue weighted by Gasteiger charge is -2.11. The fourth-order valence-electron chi connectivity index (χ4n) is 4.34. The van der Waals surface area contributed by atoms with Crippen LogP contribution in [0.25, 0.3) is 27.8 Å². The molecule has 0 fully saturated rings. The maximum absolute atomic E-state index is 13.6.